The monoisotopic (exact) mass is 278 g/mol. The lowest BCUT2D eigenvalue weighted by Gasteiger charge is -2.26. The molecule has 1 aromatic rings. The van der Waals surface area contributed by atoms with Crippen LogP contribution in [0.2, 0.25) is 0 Å². The van der Waals surface area contributed by atoms with Crippen LogP contribution in [0, 0.1) is 0 Å². The van der Waals surface area contributed by atoms with Gasteiger partial charge in [0.15, 0.2) is 0 Å². The predicted molar refractivity (Wildman–Crippen MR) is 77.6 cm³/mol. The van der Waals surface area contributed by atoms with Gasteiger partial charge >= 0.3 is 0 Å². The highest BCUT2D eigenvalue weighted by Gasteiger charge is 2.11. The summed E-state index contributed by atoms with van der Waals surface area (Å²) in [6.07, 6.45) is 0.763. The van der Waals surface area contributed by atoms with Crippen molar-refractivity contribution in [3.8, 4) is 0 Å². The van der Waals surface area contributed by atoms with Crippen LogP contribution in [0.3, 0.4) is 0 Å². The normalized spacial score (nSPS) is 16.1. The molecule has 6 heteroatoms. The molecule has 0 saturated carbocycles. The van der Waals surface area contributed by atoms with Gasteiger partial charge in [-0.2, -0.15) is 0 Å². The summed E-state index contributed by atoms with van der Waals surface area (Å²) in [7, 11) is 0. The second-order valence-corrected chi connectivity index (χ2v) is 4.84. The van der Waals surface area contributed by atoms with Crippen LogP contribution >= 0.6 is 0 Å². The van der Waals surface area contributed by atoms with Gasteiger partial charge in [0.05, 0.1) is 13.2 Å². The zero-order chi connectivity index (χ0) is 14.4. The van der Waals surface area contributed by atoms with Crippen molar-refractivity contribution in [1.29, 1.82) is 0 Å². The van der Waals surface area contributed by atoms with Gasteiger partial charge in [0.1, 0.15) is 5.82 Å². The number of aryl methyl sites for hydroxylation is 1. The Bertz CT molecular complexity index is 458. The van der Waals surface area contributed by atoms with E-state index in [1.807, 2.05) is 6.92 Å². The number of anilines is 1. The largest absolute Gasteiger partial charge is 0.384 e. The molecule has 0 atom stereocenters. The summed E-state index contributed by atoms with van der Waals surface area (Å²) in [5.41, 5.74) is 7.12. The molecule has 1 aliphatic heterocycles. The third kappa shape index (κ3) is 4.18. The number of ether oxygens (including phenoxy) is 1. The molecule has 1 aromatic heterocycles. The molecule has 1 fully saturated rings. The Morgan fingerprint density at radius 1 is 1.45 bits per heavy atom. The van der Waals surface area contributed by atoms with Gasteiger partial charge in [-0.05, 0) is 18.6 Å². The Labute approximate surface area is 119 Å². The lowest BCUT2D eigenvalue weighted by molar-refractivity contribution is 0.0383. The van der Waals surface area contributed by atoms with Crippen LogP contribution in [0.25, 0.3) is 0 Å². The van der Waals surface area contributed by atoms with E-state index in [0.717, 1.165) is 45.0 Å². The Hall–Kier alpha value is -1.66. The van der Waals surface area contributed by atoms with Crippen LogP contribution in [0.1, 0.15) is 23.0 Å². The fraction of sp³-hybridized carbons (Fsp3) is 0.571. The number of amides is 1. The molecule has 2 rings (SSSR count). The van der Waals surface area contributed by atoms with Crippen LogP contribution < -0.4 is 11.1 Å². The summed E-state index contributed by atoms with van der Waals surface area (Å²) in [5, 5.41) is 2.92. The van der Waals surface area contributed by atoms with Gasteiger partial charge in [-0.3, -0.25) is 9.69 Å². The summed E-state index contributed by atoms with van der Waals surface area (Å²) in [4.78, 5) is 18.5. The molecule has 110 valence electrons. The minimum absolute atomic E-state index is 0.0953. The van der Waals surface area contributed by atoms with Crippen molar-refractivity contribution >= 4 is 11.7 Å². The van der Waals surface area contributed by atoms with Crippen molar-refractivity contribution in [2.75, 3.05) is 45.1 Å². The van der Waals surface area contributed by atoms with Gasteiger partial charge in [0.2, 0.25) is 0 Å². The summed E-state index contributed by atoms with van der Waals surface area (Å²) >= 11 is 0. The number of nitrogens with two attached hydrogens (primary N) is 1. The van der Waals surface area contributed by atoms with Gasteiger partial charge in [-0.1, -0.05) is 6.92 Å². The Morgan fingerprint density at radius 2 is 2.20 bits per heavy atom. The Balaban J connectivity index is 1.83. The van der Waals surface area contributed by atoms with Crippen LogP contribution in [-0.4, -0.2) is 55.2 Å². The van der Waals surface area contributed by atoms with Gasteiger partial charge < -0.3 is 15.8 Å². The first-order valence-corrected chi connectivity index (χ1v) is 7.03. The Morgan fingerprint density at radius 3 is 2.90 bits per heavy atom. The maximum Gasteiger partial charge on any atom is 0.251 e. The summed E-state index contributed by atoms with van der Waals surface area (Å²) in [5.74, 6) is 0.296. The SMILES string of the molecule is CCc1cc(C(=O)NCCN2CCOCC2)cc(N)n1. The van der Waals surface area contributed by atoms with E-state index < -0.39 is 0 Å². The first-order chi connectivity index (χ1) is 9.69. The third-order valence-electron chi connectivity index (χ3n) is 3.34. The number of carbonyl (C=O) groups excluding carboxylic acids is 1. The minimum Gasteiger partial charge on any atom is -0.384 e. The number of rotatable bonds is 5. The number of nitrogens with one attached hydrogen (secondary N) is 1. The van der Waals surface area contributed by atoms with Crippen molar-refractivity contribution in [2.45, 2.75) is 13.3 Å². The number of pyridine rings is 1. The van der Waals surface area contributed by atoms with E-state index in [-0.39, 0.29) is 5.91 Å². The molecule has 1 aliphatic rings. The highest BCUT2D eigenvalue weighted by molar-refractivity contribution is 5.94. The first kappa shape index (κ1) is 14.7. The highest BCUT2D eigenvalue weighted by Crippen LogP contribution is 2.08. The fourth-order valence-electron chi connectivity index (χ4n) is 2.18. The minimum atomic E-state index is -0.0953. The topological polar surface area (TPSA) is 80.5 Å². The molecule has 3 N–H and O–H groups in total. The number of nitrogens with zero attached hydrogens (tertiary/aromatic N) is 2. The summed E-state index contributed by atoms with van der Waals surface area (Å²) < 4.78 is 5.29. The molecule has 0 unspecified atom stereocenters. The number of morpholine rings is 1. The lowest BCUT2D eigenvalue weighted by Crippen LogP contribution is -2.41. The van der Waals surface area contributed by atoms with E-state index in [0.29, 0.717) is 17.9 Å². The highest BCUT2D eigenvalue weighted by atomic mass is 16.5. The number of aromatic nitrogens is 1. The standard InChI is InChI=1S/C14H22N4O2/c1-2-12-9-11(10-13(15)17-12)14(19)16-3-4-18-5-7-20-8-6-18/h9-10H,2-8H2,1H3,(H2,15,17)(H,16,19). The van der Waals surface area contributed by atoms with Crippen LogP contribution in [0.4, 0.5) is 5.82 Å². The molecule has 1 saturated heterocycles. The molecule has 0 bridgehead atoms. The van der Waals surface area contributed by atoms with Crippen LogP contribution in [0.15, 0.2) is 12.1 Å². The molecular formula is C14H22N4O2. The number of carbonyl (C=O) groups is 1. The number of hydrogen-bond acceptors (Lipinski definition) is 5. The second kappa shape index (κ2) is 7.21. The van der Waals surface area contributed by atoms with Gasteiger partial charge in [0.25, 0.3) is 5.91 Å². The zero-order valence-corrected chi connectivity index (χ0v) is 11.9. The molecule has 2 heterocycles. The maximum atomic E-state index is 12.1. The van der Waals surface area contributed by atoms with Gasteiger partial charge in [0, 0.05) is 37.4 Å². The average Bonchev–Trinajstić information content (AvgIpc) is 2.47. The van der Waals surface area contributed by atoms with Crippen molar-refractivity contribution in [3.05, 3.63) is 23.4 Å². The second-order valence-electron chi connectivity index (χ2n) is 4.84. The average molecular weight is 278 g/mol. The van der Waals surface area contributed by atoms with Crippen molar-refractivity contribution in [1.82, 2.24) is 15.2 Å². The van der Waals surface area contributed by atoms with E-state index in [4.69, 9.17) is 10.5 Å². The number of nitrogen functional groups attached to an aromatic ring is 1. The molecule has 0 radical (unpaired) electrons. The van der Waals surface area contributed by atoms with Crippen LogP contribution in [-0.2, 0) is 11.2 Å². The molecule has 0 aliphatic carbocycles. The maximum absolute atomic E-state index is 12.1. The fourth-order valence-corrected chi connectivity index (χ4v) is 2.18. The number of hydrogen-bond donors (Lipinski definition) is 2. The van der Waals surface area contributed by atoms with Crippen molar-refractivity contribution < 1.29 is 9.53 Å². The lowest BCUT2D eigenvalue weighted by atomic mass is 10.2. The van der Waals surface area contributed by atoms with Gasteiger partial charge in [-0.15, -0.1) is 0 Å². The first-order valence-electron chi connectivity index (χ1n) is 7.03. The zero-order valence-electron chi connectivity index (χ0n) is 11.9. The molecule has 1 amide bonds. The summed E-state index contributed by atoms with van der Waals surface area (Å²) in [6.45, 7) is 6.86. The van der Waals surface area contributed by atoms with E-state index >= 15 is 0 Å². The van der Waals surface area contributed by atoms with Crippen LogP contribution in [0.5, 0.6) is 0 Å². The van der Waals surface area contributed by atoms with Crippen molar-refractivity contribution in [2.24, 2.45) is 0 Å². The quantitative estimate of drug-likeness (QED) is 0.809. The smallest absolute Gasteiger partial charge is 0.251 e. The van der Waals surface area contributed by atoms with Crippen molar-refractivity contribution in [3.63, 3.8) is 0 Å². The molecule has 6 nitrogen and oxygen atoms in total. The van der Waals surface area contributed by atoms with E-state index in [1.165, 1.54) is 0 Å². The van der Waals surface area contributed by atoms with E-state index in [2.05, 4.69) is 15.2 Å². The Kier molecular flexibility index (Phi) is 5.31. The predicted octanol–water partition coefficient (Wildman–Crippen LogP) is 0.288. The molecule has 20 heavy (non-hydrogen) atoms. The van der Waals surface area contributed by atoms with E-state index in [1.54, 1.807) is 12.1 Å². The van der Waals surface area contributed by atoms with E-state index in [9.17, 15) is 4.79 Å². The molecule has 0 aromatic carbocycles. The molecular weight excluding hydrogens is 256 g/mol. The third-order valence-corrected chi connectivity index (χ3v) is 3.34. The summed E-state index contributed by atoms with van der Waals surface area (Å²) in [6, 6.07) is 3.41. The molecule has 0 spiro atoms. The van der Waals surface area contributed by atoms with Gasteiger partial charge in [-0.25, -0.2) is 4.98 Å².